The molecule has 0 bridgehead atoms. The van der Waals surface area contributed by atoms with Gasteiger partial charge in [0.25, 0.3) is 21.9 Å². The van der Waals surface area contributed by atoms with E-state index < -0.39 is 44.8 Å². The molecule has 402 valence electrons. The minimum Gasteiger partial charge on any atom is -0.691 e. The zero-order chi connectivity index (χ0) is 53.5. The fourth-order valence-corrected chi connectivity index (χ4v) is 10.8. The molecule has 6 rings (SSSR count). The Morgan fingerprint density at radius 2 is 1.58 bits per heavy atom. The number of rotatable bonds is 12. The Morgan fingerprint density at radius 1 is 0.838 bits per heavy atom. The Hall–Kier alpha value is -5.71. The summed E-state index contributed by atoms with van der Waals surface area (Å²) in [7, 11) is -4.44. The van der Waals surface area contributed by atoms with Gasteiger partial charge < -0.3 is 30.9 Å². The van der Waals surface area contributed by atoms with Crippen LogP contribution in [-0.2, 0) is 63.9 Å². The van der Waals surface area contributed by atoms with Gasteiger partial charge in [-0.05, 0) is 114 Å². The van der Waals surface area contributed by atoms with E-state index in [9.17, 15) is 47.0 Å². The summed E-state index contributed by atoms with van der Waals surface area (Å²) >= 11 is 0.828. The third-order valence-corrected chi connectivity index (χ3v) is 15.4. The van der Waals surface area contributed by atoms with Gasteiger partial charge in [-0.2, -0.15) is 17.3 Å². The van der Waals surface area contributed by atoms with Gasteiger partial charge in [0.15, 0.2) is 5.71 Å². The largest absolute Gasteiger partial charge is 0.691 e. The quantitative estimate of drug-likeness (QED) is 0.0336. The van der Waals surface area contributed by atoms with E-state index in [1.807, 2.05) is 56.4 Å². The molecule has 4 heterocycles. The number of carbonyl (C=O) groups excluding carboxylic acids is 6. The number of imide groups is 1. The molecule has 2 aromatic carbocycles. The first-order chi connectivity index (χ1) is 35.3. The Labute approximate surface area is 438 Å². The first-order valence-electron chi connectivity index (χ1n) is 25.6. The third kappa shape index (κ3) is 15.2. The maximum Gasteiger partial charge on any atom is 0.333 e. The molecule has 2 aromatic rings. The number of unbranched alkanes of at least 4 members (excludes halogenated alkanes) is 2. The number of fused-ring (bicyclic) bond motifs is 5. The van der Waals surface area contributed by atoms with E-state index in [-0.39, 0.29) is 48.3 Å². The fraction of sp³-hybridized carbons (Fsp3) is 0.528. The lowest BCUT2D eigenvalue weighted by Gasteiger charge is -2.27. The SMILES string of the molecule is CC1(C)C2=[N+](CCCCCC(=O)NC(C(=O)NCCCCCC(=O)ON3C(=O)CCC3=O)CCCCNC(=O)CCCCCN3/C(=C/C=C/C=C/2)C(C)(C)c2cc(S(=O)(=O)O)ccc23)c2ccc(SOO[O-])cc21. The molecule has 1 fully saturated rings. The molecule has 0 spiro atoms. The molecule has 0 saturated carbocycles. The van der Waals surface area contributed by atoms with Gasteiger partial charge in [-0.15, -0.1) is 5.06 Å². The normalized spacial score (nSPS) is 21.9. The van der Waals surface area contributed by atoms with Crippen molar-refractivity contribution >= 4 is 74.8 Å². The molecule has 19 nitrogen and oxygen atoms in total. The van der Waals surface area contributed by atoms with Crippen LogP contribution in [0.1, 0.15) is 148 Å². The number of carbonyl (C=O) groups is 6. The van der Waals surface area contributed by atoms with E-state index in [1.165, 1.54) is 12.1 Å². The molecular weight excluding hydrogens is 993 g/mol. The monoisotopic (exact) mass is 1060 g/mol. The van der Waals surface area contributed by atoms with Crippen LogP contribution in [0, 0.1) is 0 Å². The van der Waals surface area contributed by atoms with Crippen molar-refractivity contribution in [2.24, 2.45) is 0 Å². The number of nitrogens with zero attached hydrogens (tertiary/aromatic N) is 3. The molecule has 1 atom stereocenters. The van der Waals surface area contributed by atoms with E-state index >= 15 is 0 Å². The number of allylic oxidation sites excluding steroid dienone is 6. The Balaban J connectivity index is 1.15. The van der Waals surface area contributed by atoms with Crippen LogP contribution >= 0.6 is 12.0 Å². The number of hydroxylamine groups is 2. The van der Waals surface area contributed by atoms with Gasteiger partial charge in [0.1, 0.15) is 12.6 Å². The highest BCUT2D eigenvalue weighted by molar-refractivity contribution is 7.94. The number of amides is 5. The van der Waals surface area contributed by atoms with Crippen molar-refractivity contribution in [3.63, 3.8) is 0 Å². The molecule has 0 aliphatic carbocycles. The molecule has 21 heteroatoms. The lowest BCUT2D eigenvalue weighted by Crippen LogP contribution is -2.47. The summed E-state index contributed by atoms with van der Waals surface area (Å²) in [5.74, 6) is -2.40. The molecule has 0 aromatic heterocycles. The van der Waals surface area contributed by atoms with Crippen LogP contribution in [-0.4, -0.2) is 96.0 Å². The second-order valence-electron chi connectivity index (χ2n) is 20.0. The van der Waals surface area contributed by atoms with Crippen molar-refractivity contribution in [2.75, 3.05) is 31.1 Å². The van der Waals surface area contributed by atoms with E-state index in [0.29, 0.717) is 93.9 Å². The van der Waals surface area contributed by atoms with Crippen LogP contribution in [0.15, 0.2) is 82.3 Å². The summed E-state index contributed by atoms with van der Waals surface area (Å²) < 4.78 is 41.3. The lowest BCUT2D eigenvalue weighted by molar-refractivity contribution is -0.777. The minimum absolute atomic E-state index is 0.00583. The number of benzene rings is 2. The summed E-state index contributed by atoms with van der Waals surface area (Å²) in [5, 5.41) is 23.6. The average Bonchev–Trinajstić information content (AvgIpc) is 3.86. The molecule has 74 heavy (non-hydrogen) atoms. The third-order valence-electron chi connectivity index (χ3n) is 13.9. The first kappa shape index (κ1) is 57.6. The topological polar surface area (TPSA) is 253 Å². The minimum atomic E-state index is -4.44. The highest BCUT2D eigenvalue weighted by Crippen LogP contribution is 2.49. The summed E-state index contributed by atoms with van der Waals surface area (Å²) in [6.07, 6.45) is 17.9. The number of nitrogens with one attached hydrogen (secondary N) is 3. The second-order valence-corrected chi connectivity index (χ2v) is 22.2. The average molecular weight is 1060 g/mol. The summed E-state index contributed by atoms with van der Waals surface area (Å²) in [6.45, 7) is 10.3. The smallest absolute Gasteiger partial charge is 0.333 e. The van der Waals surface area contributed by atoms with Crippen molar-refractivity contribution in [3.05, 3.63) is 83.6 Å². The van der Waals surface area contributed by atoms with E-state index in [1.54, 1.807) is 6.07 Å². The molecular formula is C53H70N6O13S2. The lowest BCUT2D eigenvalue weighted by atomic mass is 9.81. The standard InChI is InChI=1S/C53H70N6O13S2/c1-52(2)39-35-37(73-72-71-66)25-27-42(39)57-33-18-8-12-23-47(61)56-41(51(65)55-32-15-6-13-24-50(64)70-59-48(62)29-30-49(59)63)19-14-16-31-54-46(60)22-11-7-17-34-58-43-28-26-38(74(67,68)69)36-40(43)53(3,4)45(58)21-10-5-9-20-44(52)57/h5,9-10,20-21,25-28,35-36,41H,6-8,11-19,22-24,29-34H2,1-4H3,(H4-,54,55,56,60,61,65,66,67,68,69). The molecule has 4 N–H and O–H groups in total. The number of hydrogen-bond donors (Lipinski definition) is 4. The van der Waals surface area contributed by atoms with E-state index in [0.717, 1.165) is 71.6 Å². The zero-order valence-corrected chi connectivity index (χ0v) is 44.4. The van der Waals surface area contributed by atoms with Gasteiger partial charge in [0.05, 0.1) is 22.4 Å². The van der Waals surface area contributed by atoms with Crippen LogP contribution in [0.2, 0.25) is 0 Å². The number of anilines is 1. The summed E-state index contributed by atoms with van der Waals surface area (Å²) in [4.78, 5) is 83.1. The van der Waals surface area contributed by atoms with Gasteiger partial charge in [-0.25, -0.2) is 4.79 Å². The van der Waals surface area contributed by atoms with Crippen molar-refractivity contribution in [1.29, 1.82) is 0 Å². The van der Waals surface area contributed by atoms with Crippen LogP contribution in [0.3, 0.4) is 0 Å². The van der Waals surface area contributed by atoms with Crippen LogP contribution in [0.5, 0.6) is 0 Å². The van der Waals surface area contributed by atoms with E-state index in [2.05, 4.69) is 54.7 Å². The maximum atomic E-state index is 13.5. The van der Waals surface area contributed by atoms with Crippen molar-refractivity contribution in [3.8, 4) is 0 Å². The maximum absolute atomic E-state index is 13.5. The second kappa shape index (κ2) is 26.7. The Kier molecular flexibility index (Phi) is 20.7. The van der Waals surface area contributed by atoms with E-state index in [4.69, 9.17) is 4.84 Å². The molecule has 0 radical (unpaired) electrons. The van der Waals surface area contributed by atoms with Crippen LogP contribution in [0.25, 0.3) is 0 Å². The predicted molar refractivity (Wildman–Crippen MR) is 275 cm³/mol. The molecule has 1 unspecified atom stereocenters. The van der Waals surface area contributed by atoms with Gasteiger partial charge in [-0.1, -0.05) is 44.9 Å². The highest BCUT2D eigenvalue weighted by Gasteiger charge is 2.45. The highest BCUT2D eigenvalue weighted by atomic mass is 32.2. The van der Waals surface area contributed by atoms with Crippen molar-refractivity contribution in [2.45, 2.75) is 164 Å². The first-order valence-corrected chi connectivity index (χ1v) is 27.8. The predicted octanol–water partition coefficient (Wildman–Crippen LogP) is 6.52. The Bertz CT molecular complexity index is 2630. The summed E-state index contributed by atoms with van der Waals surface area (Å²) in [5.41, 5.74) is 4.55. The van der Waals surface area contributed by atoms with Gasteiger partial charge in [0.2, 0.25) is 23.4 Å². The zero-order valence-electron chi connectivity index (χ0n) is 42.8. The van der Waals surface area contributed by atoms with Crippen molar-refractivity contribution < 1.29 is 65.8 Å². The van der Waals surface area contributed by atoms with Crippen LogP contribution in [0.4, 0.5) is 11.4 Å². The van der Waals surface area contributed by atoms with Gasteiger partial charge in [0, 0.05) is 97.6 Å². The molecule has 4 aliphatic heterocycles. The molecule has 4 aliphatic rings. The fourth-order valence-electron chi connectivity index (χ4n) is 9.91. The van der Waals surface area contributed by atoms with Gasteiger partial charge >= 0.3 is 5.97 Å². The molecule has 1 saturated heterocycles. The van der Waals surface area contributed by atoms with Crippen LogP contribution < -0.4 is 26.1 Å². The molecule has 5 amide bonds. The number of hydrogen-bond acceptors (Lipinski definition) is 14. The van der Waals surface area contributed by atoms with Gasteiger partial charge in [-0.3, -0.25) is 33.6 Å². The van der Waals surface area contributed by atoms with Crippen molar-refractivity contribution in [1.82, 2.24) is 21.0 Å². The Morgan fingerprint density at radius 3 is 2.32 bits per heavy atom. The summed E-state index contributed by atoms with van der Waals surface area (Å²) in [6, 6.07) is 9.73.